The maximum Gasteiger partial charge on any atom is 0.270 e. The molecule has 2 amide bonds. The van der Waals surface area contributed by atoms with Gasteiger partial charge in [-0.1, -0.05) is 18.2 Å². The molecule has 1 unspecified atom stereocenters. The molecule has 9 nitrogen and oxygen atoms in total. The topological polar surface area (TPSA) is 108 Å². The third kappa shape index (κ3) is 3.51. The van der Waals surface area contributed by atoms with Crippen LogP contribution in [0.3, 0.4) is 0 Å². The molecule has 0 radical (unpaired) electrons. The van der Waals surface area contributed by atoms with Gasteiger partial charge in [0.1, 0.15) is 17.6 Å². The molecule has 0 saturated carbocycles. The van der Waals surface area contributed by atoms with Gasteiger partial charge in [-0.25, -0.2) is 4.98 Å². The maximum atomic E-state index is 13.0. The van der Waals surface area contributed by atoms with E-state index in [1.54, 1.807) is 28.5 Å². The third-order valence-corrected chi connectivity index (χ3v) is 4.95. The molecule has 4 rings (SSSR count). The molecule has 1 fully saturated rings. The summed E-state index contributed by atoms with van der Waals surface area (Å²) in [6.07, 6.45) is 5.22. The molecule has 28 heavy (non-hydrogen) atoms. The van der Waals surface area contributed by atoms with E-state index in [0.29, 0.717) is 31.9 Å². The van der Waals surface area contributed by atoms with Crippen LogP contribution in [0.4, 0.5) is 11.5 Å². The Kier molecular flexibility index (Phi) is 4.88. The fraction of sp³-hybridized carbons (Fsp3) is 0.316. The molecule has 2 aliphatic heterocycles. The molecule has 1 atom stereocenters. The minimum atomic E-state index is -0.651. The van der Waals surface area contributed by atoms with Crippen molar-refractivity contribution in [3.05, 3.63) is 48.9 Å². The Morgan fingerprint density at radius 2 is 1.79 bits per heavy atom. The van der Waals surface area contributed by atoms with Gasteiger partial charge in [0, 0.05) is 45.0 Å². The summed E-state index contributed by atoms with van der Waals surface area (Å²) in [5.41, 5.74) is 6.65. The van der Waals surface area contributed by atoms with Gasteiger partial charge < -0.3 is 15.5 Å². The van der Waals surface area contributed by atoms with E-state index in [9.17, 15) is 9.59 Å². The first-order chi connectivity index (χ1) is 13.6. The summed E-state index contributed by atoms with van der Waals surface area (Å²) in [6.45, 7) is 2.45. The number of nitrogens with zero attached hydrogens (tertiary/aromatic N) is 6. The number of benzene rings is 1. The molecule has 144 valence electrons. The minimum Gasteiger partial charge on any atom is -0.368 e. The molecule has 1 aromatic carbocycles. The molecule has 1 saturated heterocycles. The zero-order valence-corrected chi connectivity index (χ0v) is 15.3. The highest BCUT2D eigenvalue weighted by atomic mass is 16.2. The SMILES string of the molecule is NC(=O)C1CC(C(=O)N2CCN(c3cnccn3)CC2)=NN1c1ccccc1. The van der Waals surface area contributed by atoms with Crippen LogP contribution in [-0.4, -0.2) is 64.6 Å². The van der Waals surface area contributed by atoms with E-state index in [0.717, 1.165) is 11.5 Å². The number of aromatic nitrogens is 2. The number of amides is 2. The van der Waals surface area contributed by atoms with Gasteiger partial charge in [-0.3, -0.25) is 19.6 Å². The van der Waals surface area contributed by atoms with E-state index in [1.807, 2.05) is 30.3 Å². The Hall–Kier alpha value is -3.49. The standard InChI is InChI=1S/C19H21N7O2/c20-18(27)16-12-15(23-26(16)14-4-2-1-3-5-14)19(28)25-10-8-24(9-11-25)17-13-21-6-7-22-17/h1-7,13,16H,8-12H2,(H2,20,27). The fourth-order valence-electron chi connectivity index (χ4n) is 3.46. The van der Waals surface area contributed by atoms with Crippen molar-refractivity contribution in [3.63, 3.8) is 0 Å². The van der Waals surface area contributed by atoms with E-state index in [-0.39, 0.29) is 12.3 Å². The molecule has 2 aromatic rings. The first-order valence-corrected chi connectivity index (χ1v) is 9.15. The molecule has 0 bridgehead atoms. The second kappa shape index (κ2) is 7.63. The van der Waals surface area contributed by atoms with Crippen LogP contribution in [0.15, 0.2) is 54.0 Å². The minimum absolute atomic E-state index is 0.150. The van der Waals surface area contributed by atoms with Crippen molar-refractivity contribution in [3.8, 4) is 0 Å². The number of primary amides is 1. The van der Waals surface area contributed by atoms with E-state index in [2.05, 4.69) is 20.0 Å². The largest absolute Gasteiger partial charge is 0.368 e. The molecular weight excluding hydrogens is 358 g/mol. The van der Waals surface area contributed by atoms with Crippen molar-refractivity contribution in [2.24, 2.45) is 10.8 Å². The Morgan fingerprint density at radius 1 is 1.04 bits per heavy atom. The van der Waals surface area contributed by atoms with Crippen LogP contribution in [0.25, 0.3) is 0 Å². The fourth-order valence-corrected chi connectivity index (χ4v) is 3.46. The van der Waals surface area contributed by atoms with Crippen molar-refractivity contribution < 1.29 is 9.59 Å². The monoisotopic (exact) mass is 379 g/mol. The van der Waals surface area contributed by atoms with E-state index < -0.39 is 11.9 Å². The average Bonchev–Trinajstić information content (AvgIpc) is 3.20. The van der Waals surface area contributed by atoms with Crippen LogP contribution in [0.1, 0.15) is 6.42 Å². The number of piperazine rings is 1. The summed E-state index contributed by atoms with van der Waals surface area (Å²) in [5, 5.41) is 5.98. The van der Waals surface area contributed by atoms with E-state index in [4.69, 9.17) is 5.73 Å². The predicted molar refractivity (Wildman–Crippen MR) is 105 cm³/mol. The molecule has 2 aliphatic rings. The second-order valence-corrected chi connectivity index (χ2v) is 6.69. The summed E-state index contributed by atoms with van der Waals surface area (Å²) in [5.74, 6) is 0.156. The first kappa shape index (κ1) is 17.9. The third-order valence-electron chi connectivity index (χ3n) is 4.95. The number of hydrazone groups is 1. The highest BCUT2D eigenvalue weighted by molar-refractivity contribution is 6.40. The molecule has 9 heteroatoms. The van der Waals surface area contributed by atoms with Gasteiger partial charge in [0.25, 0.3) is 5.91 Å². The van der Waals surface area contributed by atoms with Crippen molar-refractivity contribution in [2.45, 2.75) is 12.5 Å². The first-order valence-electron chi connectivity index (χ1n) is 9.15. The number of nitrogens with two attached hydrogens (primary N) is 1. The van der Waals surface area contributed by atoms with Gasteiger partial charge in [0.05, 0.1) is 11.9 Å². The van der Waals surface area contributed by atoms with Gasteiger partial charge in [-0.15, -0.1) is 0 Å². The Bertz CT molecular complexity index is 880. The zero-order chi connectivity index (χ0) is 19.5. The maximum absolute atomic E-state index is 13.0. The van der Waals surface area contributed by atoms with Crippen LogP contribution < -0.4 is 15.6 Å². The average molecular weight is 379 g/mol. The number of hydrogen-bond acceptors (Lipinski definition) is 7. The van der Waals surface area contributed by atoms with E-state index >= 15 is 0 Å². The van der Waals surface area contributed by atoms with Crippen molar-refractivity contribution >= 4 is 29.0 Å². The van der Waals surface area contributed by atoms with Gasteiger partial charge in [-0.05, 0) is 12.1 Å². The second-order valence-electron chi connectivity index (χ2n) is 6.69. The highest BCUT2D eigenvalue weighted by Gasteiger charge is 2.37. The van der Waals surface area contributed by atoms with Crippen molar-refractivity contribution in [1.82, 2.24) is 14.9 Å². The van der Waals surface area contributed by atoms with Gasteiger partial charge in [-0.2, -0.15) is 5.10 Å². The Morgan fingerprint density at radius 3 is 2.43 bits per heavy atom. The molecule has 1 aromatic heterocycles. The van der Waals surface area contributed by atoms with Crippen LogP contribution >= 0.6 is 0 Å². The Balaban J connectivity index is 1.45. The lowest BCUT2D eigenvalue weighted by molar-refractivity contribution is -0.124. The normalized spacial score (nSPS) is 19.5. The van der Waals surface area contributed by atoms with E-state index in [1.165, 1.54) is 0 Å². The number of carbonyl (C=O) groups is 2. The van der Waals surface area contributed by atoms with Crippen LogP contribution in [0.5, 0.6) is 0 Å². The lowest BCUT2D eigenvalue weighted by Crippen LogP contribution is -2.51. The lowest BCUT2D eigenvalue weighted by Gasteiger charge is -2.35. The summed E-state index contributed by atoms with van der Waals surface area (Å²) in [7, 11) is 0. The molecular formula is C19H21N7O2. The summed E-state index contributed by atoms with van der Waals surface area (Å²) < 4.78 is 0. The number of para-hydroxylation sites is 1. The van der Waals surface area contributed by atoms with Gasteiger partial charge in [0.15, 0.2) is 0 Å². The summed E-state index contributed by atoms with van der Waals surface area (Å²) >= 11 is 0. The number of hydrogen-bond donors (Lipinski definition) is 1. The Labute approximate surface area is 162 Å². The number of anilines is 2. The molecule has 2 N–H and O–H groups in total. The lowest BCUT2D eigenvalue weighted by atomic mass is 10.1. The summed E-state index contributed by atoms with van der Waals surface area (Å²) in [6, 6.07) is 8.62. The molecule has 3 heterocycles. The van der Waals surface area contributed by atoms with Crippen LogP contribution in [0.2, 0.25) is 0 Å². The molecule has 0 aliphatic carbocycles. The smallest absolute Gasteiger partial charge is 0.270 e. The predicted octanol–water partition coefficient (Wildman–Crippen LogP) is 0.245. The van der Waals surface area contributed by atoms with Crippen molar-refractivity contribution in [2.75, 3.05) is 36.1 Å². The van der Waals surface area contributed by atoms with Gasteiger partial charge in [0.2, 0.25) is 5.91 Å². The summed E-state index contributed by atoms with van der Waals surface area (Å²) in [4.78, 5) is 37.1. The number of rotatable bonds is 4. The highest BCUT2D eigenvalue weighted by Crippen LogP contribution is 2.25. The van der Waals surface area contributed by atoms with Crippen LogP contribution in [-0.2, 0) is 9.59 Å². The van der Waals surface area contributed by atoms with Crippen molar-refractivity contribution in [1.29, 1.82) is 0 Å². The molecule has 0 spiro atoms. The zero-order valence-electron chi connectivity index (χ0n) is 15.3. The van der Waals surface area contributed by atoms with Crippen LogP contribution in [0, 0.1) is 0 Å². The number of carbonyl (C=O) groups excluding carboxylic acids is 2. The quantitative estimate of drug-likeness (QED) is 0.816. The van der Waals surface area contributed by atoms with Gasteiger partial charge >= 0.3 is 0 Å².